The predicted octanol–water partition coefficient (Wildman–Crippen LogP) is 0.973. The van der Waals surface area contributed by atoms with Crippen LogP contribution in [0.1, 0.15) is 17.3 Å². The molecule has 6 nitrogen and oxygen atoms in total. The van der Waals surface area contributed by atoms with Crippen molar-refractivity contribution in [2.75, 3.05) is 16.8 Å². The Bertz CT molecular complexity index is 502. The van der Waals surface area contributed by atoms with E-state index in [2.05, 4.69) is 5.32 Å². The van der Waals surface area contributed by atoms with Crippen molar-refractivity contribution in [3.63, 3.8) is 0 Å². The van der Waals surface area contributed by atoms with Gasteiger partial charge in [0.25, 0.3) is 0 Å². The van der Waals surface area contributed by atoms with E-state index in [1.54, 1.807) is 24.3 Å². The SMILES string of the molecule is CC(=O)c1ccc(NC(=O)CSCC(N)C(=O)O)cc1. The molecule has 1 aromatic carbocycles. The molecule has 108 valence electrons. The van der Waals surface area contributed by atoms with Crippen molar-refractivity contribution in [3.8, 4) is 0 Å². The van der Waals surface area contributed by atoms with E-state index in [0.717, 1.165) is 11.8 Å². The molecule has 1 unspecified atom stereocenters. The number of carbonyl (C=O) groups is 3. The number of Topliss-reactive ketones (excluding diaryl/α,β-unsaturated/α-hetero) is 1. The normalized spacial score (nSPS) is 11.7. The summed E-state index contributed by atoms with van der Waals surface area (Å²) in [4.78, 5) is 33.2. The second-order valence-electron chi connectivity index (χ2n) is 4.14. The Labute approximate surface area is 120 Å². The van der Waals surface area contributed by atoms with Crippen LogP contribution < -0.4 is 11.1 Å². The largest absolute Gasteiger partial charge is 0.480 e. The van der Waals surface area contributed by atoms with Gasteiger partial charge in [-0.25, -0.2) is 0 Å². The van der Waals surface area contributed by atoms with Crippen molar-refractivity contribution in [1.82, 2.24) is 0 Å². The van der Waals surface area contributed by atoms with Gasteiger partial charge in [0.05, 0.1) is 5.75 Å². The Kier molecular flexibility index (Phi) is 6.20. The second-order valence-corrected chi connectivity index (χ2v) is 5.17. The minimum absolute atomic E-state index is 0.0407. The van der Waals surface area contributed by atoms with Crippen LogP contribution in [0.5, 0.6) is 0 Å². The molecule has 1 aromatic rings. The highest BCUT2D eigenvalue weighted by atomic mass is 32.2. The number of thioether (sulfide) groups is 1. The van der Waals surface area contributed by atoms with Crippen LogP contribution in [-0.2, 0) is 9.59 Å². The maximum Gasteiger partial charge on any atom is 0.321 e. The fourth-order valence-electron chi connectivity index (χ4n) is 1.34. The maximum absolute atomic E-state index is 11.6. The summed E-state index contributed by atoms with van der Waals surface area (Å²) in [5, 5.41) is 11.2. The molecule has 1 atom stereocenters. The molecule has 0 aromatic heterocycles. The molecule has 0 heterocycles. The molecule has 0 bridgehead atoms. The fourth-order valence-corrected chi connectivity index (χ4v) is 2.11. The standard InChI is InChI=1S/C13H16N2O4S/c1-8(16)9-2-4-10(5-3-9)15-12(17)7-20-6-11(14)13(18)19/h2-5,11H,6-7,14H2,1H3,(H,15,17)(H,18,19). The molecule has 4 N–H and O–H groups in total. The maximum atomic E-state index is 11.6. The second kappa shape index (κ2) is 7.66. The first-order chi connectivity index (χ1) is 9.40. The molecule has 7 heteroatoms. The van der Waals surface area contributed by atoms with Crippen LogP contribution in [-0.4, -0.2) is 40.3 Å². The van der Waals surface area contributed by atoms with Crippen LogP contribution in [0.3, 0.4) is 0 Å². The van der Waals surface area contributed by atoms with Crippen molar-refractivity contribution in [2.24, 2.45) is 5.73 Å². The molecule has 0 aliphatic rings. The van der Waals surface area contributed by atoms with Crippen molar-refractivity contribution >= 4 is 35.1 Å². The number of carbonyl (C=O) groups excluding carboxylic acids is 2. The Balaban J connectivity index is 2.39. The average Bonchev–Trinajstić information content (AvgIpc) is 2.39. The Morgan fingerprint density at radius 3 is 2.40 bits per heavy atom. The summed E-state index contributed by atoms with van der Waals surface area (Å²) in [6, 6.07) is 5.57. The quantitative estimate of drug-likeness (QED) is 0.647. The van der Waals surface area contributed by atoms with E-state index in [4.69, 9.17) is 10.8 Å². The number of benzene rings is 1. The van der Waals surface area contributed by atoms with Crippen LogP contribution in [0.15, 0.2) is 24.3 Å². The lowest BCUT2D eigenvalue weighted by atomic mass is 10.1. The van der Waals surface area contributed by atoms with Gasteiger partial charge < -0.3 is 16.2 Å². The molecule has 0 aliphatic heterocycles. The first-order valence-electron chi connectivity index (χ1n) is 5.87. The number of rotatable bonds is 7. The Morgan fingerprint density at radius 1 is 1.30 bits per heavy atom. The number of nitrogens with one attached hydrogen (secondary N) is 1. The van der Waals surface area contributed by atoms with E-state index in [1.165, 1.54) is 6.92 Å². The smallest absolute Gasteiger partial charge is 0.321 e. The van der Waals surface area contributed by atoms with Gasteiger partial charge >= 0.3 is 5.97 Å². The summed E-state index contributed by atoms with van der Waals surface area (Å²) < 4.78 is 0. The van der Waals surface area contributed by atoms with E-state index in [-0.39, 0.29) is 23.2 Å². The number of aliphatic carboxylic acids is 1. The summed E-state index contributed by atoms with van der Waals surface area (Å²) in [6.45, 7) is 1.47. The van der Waals surface area contributed by atoms with Crippen LogP contribution >= 0.6 is 11.8 Å². The van der Waals surface area contributed by atoms with E-state index in [0.29, 0.717) is 11.3 Å². The van der Waals surface area contributed by atoms with Gasteiger partial charge in [0.1, 0.15) is 6.04 Å². The van der Waals surface area contributed by atoms with Gasteiger partial charge in [-0.05, 0) is 31.2 Å². The number of ketones is 1. The summed E-state index contributed by atoms with van der Waals surface area (Å²) in [5.41, 5.74) is 6.48. The summed E-state index contributed by atoms with van der Waals surface area (Å²) >= 11 is 1.15. The zero-order valence-corrected chi connectivity index (χ0v) is 11.8. The molecule has 0 aliphatic carbocycles. The third kappa shape index (κ3) is 5.41. The number of carboxylic acid groups (broad SMARTS) is 1. The predicted molar refractivity (Wildman–Crippen MR) is 78.0 cm³/mol. The summed E-state index contributed by atoms with van der Waals surface area (Å²) in [5.74, 6) is -1.08. The lowest BCUT2D eigenvalue weighted by Crippen LogP contribution is -2.33. The summed E-state index contributed by atoms with van der Waals surface area (Å²) in [7, 11) is 0. The monoisotopic (exact) mass is 296 g/mol. The van der Waals surface area contributed by atoms with E-state index < -0.39 is 12.0 Å². The number of anilines is 1. The van der Waals surface area contributed by atoms with Gasteiger partial charge in [-0.1, -0.05) is 0 Å². The molecule has 0 saturated carbocycles. The highest BCUT2D eigenvalue weighted by Crippen LogP contribution is 2.11. The molecule has 20 heavy (non-hydrogen) atoms. The van der Waals surface area contributed by atoms with Crippen molar-refractivity contribution in [3.05, 3.63) is 29.8 Å². The van der Waals surface area contributed by atoms with Crippen LogP contribution in [0, 0.1) is 0 Å². The molecule has 1 rings (SSSR count). The molecule has 0 spiro atoms. The topological polar surface area (TPSA) is 109 Å². The lowest BCUT2D eigenvalue weighted by molar-refractivity contribution is -0.137. The van der Waals surface area contributed by atoms with Crippen molar-refractivity contribution < 1.29 is 19.5 Å². The first-order valence-corrected chi connectivity index (χ1v) is 7.02. The third-order valence-corrected chi connectivity index (χ3v) is 3.48. The first kappa shape index (κ1) is 16.2. The van der Waals surface area contributed by atoms with Gasteiger partial charge in [-0.3, -0.25) is 14.4 Å². The Morgan fingerprint density at radius 2 is 1.90 bits per heavy atom. The number of nitrogens with two attached hydrogens (primary N) is 1. The van der Waals surface area contributed by atoms with Crippen molar-refractivity contribution in [1.29, 1.82) is 0 Å². The number of hydrogen-bond acceptors (Lipinski definition) is 5. The molecule has 0 saturated heterocycles. The van der Waals surface area contributed by atoms with Crippen LogP contribution in [0.25, 0.3) is 0 Å². The van der Waals surface area contributed by atoms with E-state index >= 15 is 0 Å². The van der Waals surface area contributed by atoms with Gasteiger partial charge in [0, 0.05) is 17.0 Å². The van der Waals surface area contributed by atoms with Crippen LogP contribution in [0.4, 0.5) is 5.69 Å². The molecule has 1 amide bonds. The highest BCUT2D eigenvalue weighted by Gasteiger charge is 2.12. The van der Waals surface area contributed by atoms with E-state index in [1.807, 2.05) is 0 Å². The zero-order chi connectivity index (χ0) is 15.1. The minimum Gasteiger partial charge on any atom is -0.480 e. The summed E-state index contributed by atoms with van der Waals surface area (Å²) in [6.07, 6.45) is 0. The fraction of sp³-hybridized carbons (Fsp3) is 0.308. The minimum atomic E-state index is -1.09. The molecular formula is C13H16N2O4S. The highest BCUT2D eigenvalue weighted by molar-refractivity contribution is 8.00. The lowest BCUT2D eigenvalue weighted by Gasteiger charge is -2.07. The molecule has 0 radical (unpaired) electrons. The molecular weight excluding hydrogens is 280 g/mol. The van der Waals surface area contributed by atoms with Crippen molar-refractivity contribution in [2.45, 2.75) is 13.0 Å². The zero-order valence-electron chi connectivity index (χ0n) is 11.0. The average molecular weight is 296 g/mol. The van der Waals surface area contributed by atoms with Crippen LogP contribution in [0.2, 0.25) is 0 Å². The van der Waals surface area contributed by atoms with Gasteiger partial charge in [-0.15, -0.1) is 11.8 Å². The number of amides is 1. The van der Waals surface area contributed by atoms with E-state index in [9.17, 15) is 14.4 Å². The number of carboxylic acids is 1. The Hall–Kier alpha value is -1.86. The molecule has 0 fully saturated rings. The number of hydrogen-bond donors (Lipinski definition) is 3. The third-order valence-electron chi connectivity index (χ3n) is 2.42. The van der Waals surface area contributed by atoms with Gasteiger partial charge in [-0.2, -0.15) is 0 Å². The van der Waals surface area contributed by atoms with Gasteiger partial charge in [0.2, 0.25) is 5.91 Å². The van der Waals surface area contributed by atoms with Gasteiger partial charge in [0.15, 0.2) is 5.78 Å².